The molecule has 21 heavy (non-hydrogen) atoms. The minimum absolute atomic E-state index is 0.0724. The second kappa shape index (κ2) is 6.44. The summed E-state index contributed by atoms with van der Waals surface area (Å²) in [6.07, 6.45) is -0.0724. The Morgan fingerprint density at radius 2 is 2.10 bits per heavy atom. The van der Waals surface area contributed by atoms with E-state index in [0.29, 0.717) is 24.6 Å². The SMILES string of the molecule is CNCc1cccc(S(=O)(=O)N2CC(C)OCC2C)c1C. The van der Waals surface area contributed by atoms with Crippen molar-refractivity contribution in [3.05, 3.63) is 29.3 Å². The van der Waals surface area contributed by atoms with Crippen LogP contribution in [0.1, 0.15) is 25.0 Å². The number of rotatable bonds is 4. The van der Waals surface area contributed by atoms with Crippen LogP contribution in [0.25, 0.3) is 0 Å². The van der Waals surface area contributed by atoms with Crippen LogP contribution in [0.3, 0.4) is 0 Å². The van der Waals surface area contributed by atoms with Gasteiger partial charge in [-0.2, -0.15) is 4.31 Å². The summed E-state index contributed by atoms with van der Waals surface area (Å²) in [4.78, 5) is 0.399. The molecule has 2 unspecified atom stereocenters. The van der Waals surface area contributed by atoms with Gasteiger partial charge in [-0.25, -0.2) is 8.42 Å². The molecular formula is C15H24N2O3S. The predicted molar refractivity (Wildman–Crippen MR) is 82.7 cm³/mol. The van der Waals surface area contributed by atoms with Crippen LogP contribution in [0.4, 0.5) is 0 Å². The van der Waals surface area contributed by atoms with Crippen LogP contribution in [0.15, 0.2) is 23.1 Å². The third-order valence-corrected chi connectivity index (χ3v) is 6.03. The molecule has 0 aliphatic carbocycles. The van der Waals surface area contributed by atoms with Crippen LogP contribution in [0.5, 0.6) is 0 Å². The third-order valence-electron chi connectivity index (χ3n) is 3.90. The summed E-state index contributed by atoms with van der Waals surface area (Å²) < 4.78 is 33.0. The highest BCUT2D eigenvalue weighted by Gasteiger charge is 2.35. The number of hydrogen-bond donors (Lipinski definition) is 1. The number of hydrogen-bond acceptors (Lipinski definition) is 4. The Morgan fingerprint density at radius 3 is 2.76 bits per heavy atom. The van der Waals surface area contributed by atoms with Crippen LogP contribution < -0.4 is 5.32 Å². The Labute approximate surface area is 127 Å². The maximum Gasteiger partial charge on any atom is 0.243 e. The molecule has 1 aliphatic rings. The van der Waals surface area contributed by atoms with Gasteiger partial charge in [0.25, 0.3) is 0 Å². The van der Waals surface area contributed by atoms with E-state index in [2.05, 4.69) is 5.32 Å². The van der Waals surface area contributed by atoms with Gasteiger partial charge in [0.15, 0.2) is 0 Å². The van der Waals surface area contributed by atoms with Crippen molar-refractivity contribution in [2.75, 3.05) is 20.2 Å². The quantitative estimate of drug-likeness (QED) is 0.915. The molecule has 0 aromatic heterocycles. The molecular weight excluding hydrogens is 288 g/mol. The van der Waals surface area contributed by atoms with Gasteiger partial charge in [-0.1, -0.05) is 12.1 Å². The first-order chi connectivity index (χ1) is 9.87. The Balaban J connectivity index is 2.41. The summed E-state index contributed by atoms with van der Waals surface area (Å²) in [6.45, 7) is 7.15. The van der Waals surface area contributed by atoms with Gasteiger partial charge in [-0.3, -0.25) is 0 Å². The summed E-state index contributed by atoms with van der Waals surface area (Å²) >= 11 is 0. The Morgan fingerprint density at radius 1 is 1.38 bits per heavy atom. The highest BCUT2D eigenvalue weighted by atomic mass is 32.2. The standard InChI is InChI=1S/C15H24N2O3S/c1-11-10-20-12(2)9-17(11)21(18,19)15-7-5-6-14(8-16-4)13(15)3/h5-7,11-12,16H,8-10H2,1-4H3. The normalized spacial score (nSPS) is 24.2. The van der Waals surface area contributed by atoms with Gasteiger partial charge in [0.2, 0.25) is 10.0 Å². The van der Waals surface area contributed by atoms with E-state index >= 15 is 0 Å². The van der Waals surface area contributed by atoms with Gasteiger partial charge in [0, 0.05) is 19.1 Å². The van der Waals surface area contributed by atoms with E-state index in [4.69, 9.17) is 4.74 Å². The fourth-order valence-electron chi connectivity index (χ4n) is 2.66. The van der Waals surface area contributed by atoms with E-state index in [1.165, 1.54) is 0 Å². The van der Waals surface area contributed by atoms with E-state index in [-0.39, 0.29) is 12.1 Å². The van der Waals surface area contributed by atoms with E-state index < -0.39 is 10.0 Å². The molecule has 0 radical (unpaired) electrons. The van der Waals surface area contributed by atoms with E-state index in [0.717, 1.165) is 11.1 Å². The topological polar surface area (TPSA) is 58.6 Å². The second-order valence-electron chi connectivity index (χ2n) is 5.64. The zero-order chi connectivity index (χ0) is 15.6. The number of benzene rings is 1. The highest BCUT2D eigenvalue weighted by molar-refractivity contribution is 7.89. The lowest BCUT2D eigenvalue weighted by atomic mass is 10.1. The summed E-state index contributed by atoms with van der Waals surface area (Å²) in [5.41, 5.74) is 1.82. The van der Waals surface area contributed by atoms with Crippen molar-refractivity contribution in [1.29, 1.82) is 0 Å². The zero-order valence-electron chi connectivity index (χ0n) is 13.1. The predicted octanol–water partition coefficient (Wildman–Crippen LogP) is 1.51. The smallest absolute Gasteiger partial charge is 0.243 e. The van der Waals surface area contributed by atoms with Crippen LogP contribution >= 0.6 is 0 Å². The van der Waals surface area contributed by atoms with Gasteiger partial charge in [-0.15, -0.1) is 0 Å². The molecule has 1 fully saturated rings. The van der Waals surface area contributed by atoms with Crippen molar-refractivity contribution in [2.24, 2.45) is 0 Å². The summed E-state index contributed by atoms with van der Waals surface area (Å²) in [7, 11) is -1.64. The third kappa shape index (κ3) is 3.29. The largest absolute Gasteiger partial charge is 0.375 e. The first kappa shape index (κ1) is 16.4. The molecule has 1 N–H and O–H groups in total. The van der Waals surface area contributed by atoms with Crippen LogP contribution in [-0.2, 0) is 21.3 Å². The van der Waals surface area contributed by atoms with E-state index in [1.54, 1.807) is 16.4 Å². The molecule has 1 saturated heterocycles. The van der Waals surface area contributed by atoms with Gasteiger partial charge in [0.05, 0.1) is 17.6 Å². The first-order valence-electron chi connectivity index (χ1n) is 7.24. The van der Waals surface area contributed by atoms with Crippen LogP contribution in [-0.4, -0.2) is 45.1 Å². The molecule has 0 amide bonds. The minimum Gasteiger partial charge on any atom is -0.375 e. The van der Waals surface area contributed by atoms with Crippen molar-refractivity contribution >= 4 is 10.0 Å². The molecule has 0 spiro atoms. The summed E-state index contributed by atoms with van der Waals surface area (Å²) in [5, 5.41) is 3.07. The van der Waals surface area contributed by atoms with Crippen molar-refractivity contribution in [1.82, 2.24) is 9.62 Å². The van der Waals surface area contributed by atoms with Crippen molar-refractivity contribution < 1.29 is 13.2 Å². The van der Waals surface area contributed by atoms with Crippen molar-refractivity contribution in [3.8, 4) is 0 Å². The molecule has 118 valence electrons. The molecule has 1 aromatic rings. The fraction of sp³-hybridized carbons (Fsp3) is 0.600. The molecule has 1 aliphatic heterocycles. The fourth-order valence-corrected chi connectivity index (χ4v) is 4.62. The number of ether oxygens (including phenoxy) is 1. The minimum atomic E-state index is -3.49. The molecule has 5 nitrogen and oxygen atoms in total. The number of nitrogens with zero attached hydrogens (tertiary/aromatic N) is 1. The van der Waals surface area contributed by atoms with E-state index in [9.17, 15) is 8.42 Å². The lowest BCUT2D eigenvalue weighted by Gasteiger charge is -2.36. The molecule has 1 aromatic carbocycles. The van der Waals surface area contributed by atoms with Gasteiger partial charge >= 0.3 is 0 Å². The van der Waals surface area contributed by atoms with Gasteiger partial charge in [0.1, 0.15) is 0 Å². The maximum atomic E-state index is 13.0. The summed E-state index contributed by atoms with van der Waals surface area (Å²) in [6, 6.07) is 5.31. The number of morpholine rings is 1. The van der Waals surface area contributed by atoms with E-state index in [1.807, 2.05) is 33.9 Å². The Bertz CT molecular complexity index is 601. The second-order valence-corrected chi connectivity index (χ2v) is 7.50. The molecule has 2 rings (SSSR count). The Kier molecular flexibility index (Phi) is 5.03. The molecule has 1 heterocycles. The van der Waals surface area contributed by atoms with Crippen molar-refractivity contribution in [2.45, 2.75) is 44.4 Å². The number of nitrogens with one attached hydrogen (secondary N) is 1. The average molecular weight is 312 g/mol. The lowest BCUT2D eigenvalue weighted by molar-refractivity contribution is -0.0170. The molecule has 0 bridgehead atoms. The lowest BCUT2D eigenvalue weighted by Crippen LogP contribution is -2.50. The van der Waals surface area contributed by atoms with Gasteiger partial charge in [-0.05, 0) is 45.0 Å². The average Bonchev–Trinajstić information content (AvgIpc) is 2.43. The first-order valence-corrected chi connectivity index (χ1v) is 8.68. The van der Waals surface area contributed by atoms with Gasteiger partial charge < -0.3 is 10.1 Å². The maximum absolute atomic E-state index is 13.0. The monoisotopic (exact) mass is 312 g/mol. The van der Waals surface area contributed by atoms with Crippen molar-refractivity contribution in [3.63, 3.8) is 0 Å². The highest BCUT2D eigenvalue weighted by Crippen LogP contribution is 2.26. The molecule has 0 saturated carbocycles. The summed E-state index contributed by atoms with van der Waals surface area (Å²) in [5.74, 6) is 0. The van der Waals surface area contributed by atoms with Crippen LogP contribution in [0.2, 0.25) is 0 Å². The molecule has 6 heteroatoms. The molecule has 2 atom stereocenters. The Hall–Kier alpha value is -0.950. The number of sulfonamides is 1. The van der Waals surface area contributed by atoms with Crippen LogP contribution in [0, 0.1) is 6.92 Å². The zero-order valence-corrected chi connectivity index (χ0v) is 13.9.